The van der Waals surface area contributed by atoms with Crippen LogP contribution >= 0.6 is 11.6 Å². The van der Waals surface area contributed by atoms with Crippen molar-refractivity contribution in [2.75, 3.05) is 0 Å². The maximum atomic E-state index is 6.48. The molecule has 2 atom stereocenters. The van der Waals surface area contributed by atoms with Crippen LogP contribution in [0.25, 0.3) is 0 Å². The number of halogens is 1. The number of fused-ring (bicyclic) bond motifs is 1. The summed E-state index contributed by atoms with van der Waals surface area (Å²) in [4.78, 5) is 0. The van der Waals surface area contributed by atoms with E-state index in [4.69, 9.17) is 17.3 Å². The molecule has 1 aromatic carbocycles. The third kappa shape index (κ3) is 2.25. The van der Waals surface area contributed by atoms with Crippen LogP contribution in [0.2, 0.25) is 5.15 Å². The van der Waals surface area contributed by atoms with Crippen LogP contribution in [0.5, 0.6) is 0 Å². The molecule has 0 saturated carbocycles. The fraction of sp³-hybridized carbons (Fsp3) is 0.438. The highest BCUT2D eigenvalue weighted by Gasteiger charge is 2.28. The van der Waals surface area contributed by atoms with Crippen LogP contribution in [-0.2, 0) is 19.9 Å². The van der Waals surface area contributed by atoms with E-state index in [1.54, 1.807) is 4.68 Å². The Morgan fingerprint density at radius 2 is 2.15 bits per heavy atom. The number of aromatic nitrogens is 2. The molecule has 0 spiro atoms. The standard InChI is InChI=1S/C16H20ClN3/c1-10-14(16(17)20(2)19-10)9-12-8-7-11-5-3-4-6-13(11)15(12)18/h3-6,12,15H,7-9,18H2,1-2H3. The molecule has 20 heavy (non-hydrogen) atoms. The van der Waals surface area contributed by atoms with Crippen LogP contribution in [0.15, 0.2) is 24.3 Å². The molecule has 0 amide bonds. The first-order valence-corrected chi connectivity index (χ1v) is 7.47. The summed E-state index contributed by atoms with van der Waals surface area (Å²) in [6.45, 7) is 2.02. The predicted molar refractivity (Wildman–Crippen MR) is 81.8 cm³/mol. The van der Waals surface area contributed by atoms with E-state index in [1.807, 2.05) is 14.0 Å². The highest BCUT2D eigenvalue weighted by Crippen LogP contribution is 2.36. The molecule has 106 valence electrons. The molecule has 3 nitrogen and oxygen atoms in total. The Morgan fingerprint density at radius 1 is 1.40 bits per heavy atom. The van der Waals surface area contributed by atoms with Gasteiger partial charge in [-0.05, 0) is 43.2 Å². The van der Waals surface area contributed by atoms with Gasteiger partial charge in [-0.3, -0.25) is 4.68 Å². The van der Waals surface area contributed by atoms with Crippen LogP contribution in [-0.4, -0.2) is 9.78 Å². The summed E-state index contributed by atoms with van der Waals surface area (Å²) >= 11 is 6.34. The number of aryl methyl sites for hydroxylation is 3. The molecule has 1 heterocycles. The second kappa shape index (κ2) is 5.23. The minimum atomic E-state index is 0.0932. The zero-order valence-corrected chi connectivity index (χ0v) is 12.7. The average Bonchev–Trinajstić information content (AvgIpc) is 2.68. The van der Waals surface area contributed by atoms with Gasteiger partial charge in [0.15, 0.2) is 0 Å². The Kier molecular flexibility index (Phi) is 3.57. The SMILES string of the molecule is Cc1nn(C)c(Cl)c1CC1CCc2ccccc2C1N. The normalized spacial score (nSPS) is 21.8. The van der Waals surface area contributed by atoms with Crippen LogP contribution in [0.3, 0.4) is 0 Å². The molecular weight excluding hydrogens is 270 g/mol. The average molecular weight is 290 g/mol. The molecular formula is C16H20ClN3. The maximum Gasteiger partial charge on any atom is 0.130 e. The van der Waals surface area contributed by atoms with Gasteiger partial charge in [-0.15, -0.1) is 0 Å². The van der Waals surface area contributed by atoms with Crippen molar-refractivity contribution in [3.05, 3.63) is 51.8 Å². The molecule has 2 N–H and O–H groups in total. The molecule has 0 bridgehead atoms. The summed E-state index contributed by atoms with van der Waals surface area (Å²) in [5.41, 5.74) is 11.3. The number of benzene rings is 1. The zero-order chi connectivity index (χ0) is 14.3. The van der Waals surface area contributed by atoms with Gasteiger partial charge in [0.2, 0.25) is 0 Å². The fourth-order valence-corrected chi connectivity index (χ4v) is 3.51. The van der Waals surface area contributed by atoms with Gasteiger partial charge in [-0.1, -0.05) is 35.9 Å². The molecule has 0 saturated heterocycles. The van der Waals surface area contributed by atoms with Crippen LogP contribution in [0.4, 0.5) is 0 Å². The van der Waals surface area contributed by atoms with Crippen molar-refractivity contribution in [2.24, 2.45) is 18.7 Å². The summed E-state index contributed by atoms with van der Waals surface area (Å²) in [5.74, 6) is 0.435. The lowest BCUT2D eigenvalue weighted by Gasteiger charge is -2.31. The highest BCUT2D eigenvalue weighted by atomic mass is 35.5. The molecule has 0 aliphatic heterocycles. The van der Waals surface area contributed by atoms with E-state index in [0.29, 0.717) is 5.92 Å². The Balaban J connectivity index is 1.86. The Hall–Kier alpha value is -1.32. The van der Waals surface area contributed by atoms with Crippen molar-refractivity contribution >= 4 is 11.6 Å². The molecule has 1 aromatic heterocycles. The number of nitrogens with zero attached hydrogens (tertiary/aromatic N) is 2. The van der Waals surface area contributed by atoms with E-state index in [0.717, 1.165) is 35.7 Å². The van der Waals surface area contributed by atoms with E-state index in [2.05, 4.69) is 29.4 Å². The van der Waals surface area contributed by atoms with Gasteiger partial charge in [-0.25, -0.2) is 0 Å². The molecule has 3 rings (SSSR count). The van der Waals surface area contributed by atoms with Gasteiger partial charge in [0.05, 0.1) is 5.69 Å². The highest BCUT2D eigenvalue weighted by molar-refractivity contribution is 6.30. The van der Waals surface area contributed by atoms with Crippen molar-refractivity contribution in [1.82, 2.24) is 9.78 Å². The van der Waals surface area contributed by atoms with Gasteiger partial charge in [0, 0.05) is 18.7 Å². The third-order valence-corrected chi connectivity index (χ3v) is 4.92. The van der Waals surface area contributed by atoms with Crippen molar-refractivity contribution in [3.8, 4) is 0 Å². The molecule has 0 fully saturated rings. The summed E-state index contributed by atoms with van der Waals surface area (Å²) in [7, 11) is 1.88. The van der Waals surface area contributed by atoms with Gasteiger partial charge >= 0.3 is 0 Å². The zero-order valence-electron chi connectivity index (χ0n) is 11.9. The summed E-state index contributed by atoms with van der Waals surface area (Å²) < 4.78 is 1.74. The predicted octanol–water partition coefficient (Wildman–Crippen LogP) is 3.19. The van der Waals surface area contributed by atoms with Crippen LogP contribution < -0.4 is 5.73 Å². The molecule has 1 aliphatic rings. The first-order valence-electron chi connectivity index (χ1n) is 7.09. The monoisotopic (exact) mass is 289 g/mol. The molecule has 2 unspecified atom stereocenters. The van der Waals surface area contributed by atoms with E-state index in [-0.39, 0.29) is 6.04 Å². The minimum Gasteiger partial charge on any atom is -0.324 e. The number of hydrogen-bond donors (Lipinski definition) is 1. The quantitative estimate of drug-likeness (QED) is 0.923. The first kappa shape index (κ1) is 13.7. The minimum absolute atomic E-state index is 0.0932. The Bertz CT molecular complexity index is 633. The lowest BCUT2D eigenvalue weighted by molar-refractivity contribution is 0.376. The van der Waals surface area contributed by atoms with E-state index >= 15 is 0 Å². The van der Waals surface area contributed by atoms with Crippen molar-refractivity contribution in [1.29, 1.82) is 0 Å². The third-order valence-electron chi connectivity index (χ3n) is 4.44. The Labute approximate surface area is 124 Å². The van der Waals surface area contributed by atoms with Gasteiger partial charge < -0.3 is 5.73 Å². The molecule has 2 aromatic rings. The van der Waals surface area contributed by atoms with Crippen molar-refractivity contribution in [3.63, 3.8) is 0 Å². The first-order chi connectivity index (χ1) is 9.58. The molecule has 4 heteroatoms. The van der Waals surface area contributed by atoms with Crippen LogP contribution in [0.1, 0.15) is 34.8 Å². The van der Waals surface area contributed by atoms with E-state index < -0.39 is 0 Å². The van der Waals surface area contributed by atoms with E-state index in [1.165, 1.54) is 11.1 Å². The number of hydrogen-bond acceptors (Lipinski definition) is 2. The van der Waals surface area contributed by atoms with Gasteiger partial charge in [-0.2, -0.15) is 5.10 Å². The number of nitrogens with two attached hydrogens (primary N) is 1. The summed E-state index contributed by atoms with van der Waals surface area (Å²) in [5, 5.41) is 5.13. The lowest BCUT2D eigenvalue weighted by Crippen LogP contribution is -2.28. The molecule has 1 aliphatic carbocycles. The van der Waals surface area contributed by atoms with Gasteiger partial charge in [0.25, 0.3) is 0 Å². The van der Waals surface area contributed by atoms with Crippen molar-refractivity contribution < 1.29 is 0 Å². The fourth-order valence-electron chi connectivity index (χ4n) is 3.26. The largest absolute Gasteiger partial charge is 0.324 e. The Morgan fingerprint density at radius 3 is 2.85 bits per heavy atom. The lowest BCUT2D eigenvalue weighted by atomic mass is 9.77. The van der Waals surface area contributed by atoms with Crippen LogP contribution in [0, 0.1) is 12.8 Å². The van der Waals surface area contributed by atoms with Gasteiger partial charge in [0.1, 0.15) is 5.15 Å². The van der Waals surface area contributed by atoms with E-state index in [9.17, 15) is 0 Å². The second-order valence-electron chi connectivity index (χ2n) is 5.71. The smallest absolute Gasteiger partial charge is 0.130 e. The van der Waals surface area contributed by atoms with Crippen molar-refractivity contribution in [2.45, 2.75) is 32.2 Å². The maximum absolute atomic E-state index is 6.48. The molecule has 0 radical (unpaired) electrons. The number of rotatable bonds is 2. The summed E-state index contributed by atoms with van der Waals surface area (Å²) in [6, 6.07) is 8.60. The summed E-state index contributed by atoms with van der Waals surface area (Å²) in [6.07, 6.45) is 3.13. The second-order valence-corrected chi connectivity index (χ2v) is 6.06. The topological polar surface area (TPSA) is 43.8 Å².